The predicted octanol–water partition coefficient (Wildman–Crippen LogP) is 4.00. The number of aromatic nitrogens is 2. The topological polar surface area (TPSA) is 67.2 Å². The van der Waals surface area contributed by atoms with Gasteiger partial charge in [0.1, 0.15) is 11.6 Å². The zero-order valence-electron chi connectivity index (χ0n) is 18.3. The van der Waals surface area contributed by atoms with Gasteiger partial charge in [-0.1, -0.05) is 18.2 Å². The van der Waals surface area contributed by atoms with Crippen molar-refractivity contribution < 1.29 is 27.2 Å². The molecule has 0 bridgehead atoms. The van der Waals surface area contributed by atoms with E-state index in [4.69, 9.17) is 0 Å². The molecule has 2 amide bonds. The van der Waals surface area contributed by atoms with Crippen molar-refractivity contribution >= 4 is 11.8 Å². The summed E-state index contributed by atoms with van der Waals surface area (Å²) in [6.07, 6.45) is -1.28. The van der Waals surface area contributed by atoms with Crippen LogP contribution >= 0.6 is 0 Å². The number of nitrogens with zero attached hydrogens (tertiary/aromatic N) is 3. The van der Waals surface area contributed by atoms with E-state index in [1.54, 1.807) is 36.0 Å². The lowest BCUT2D eigenvalue weighted by Gasteiger charge is -2.18. The molecule has 1 N–H and O–H groups in total. The second kappa shape index (κ2) is 9.28. The van der Waals surface area contributed by atoms with Gasteiger partial charge in [0.25, 0.3) is 0 Å². The minimum Gasteiger partial charge on any atom is -0.352 e. The Morgan fingerprint density at radius 2 is 1.97 bits per heavy atom. The van der Waals surface area contributed by atoms with E-state index in [1.165, 1.54) is 23.1 Å². The number of hydrogen-bond donors (Lipinski definition) is 1. The van der Waals surface area contributed by atoms with Gasteiger partial charge in [0, 0.05) is 38.4 Å². The fraction of sp³-hybridized carbons (Fsp3) is 0.292. The van der Waals surface area contributed by atoms with E-state index in [2.05, 4.69) is 10.3 Å². The van der Waals surface area contributed by atoms with Crippen LogP contribution < -0.4 is 5.32 Å². The van der Waals surface area contributed by atoms with E-state index in [-0.39, 0.29) is 37.9 Å². The van der Waals surface area contributed by atoms with E-state index in [0.29, 0.717) is 22.6 Å². The molecule has 1 saturated heterocycles. The number of alkyl halides is 3. The van der Waals surface area contributed by atoms with Crippen LogP contribution in [0.25, 0.3) is 5.69 Å². The summed E-state index contributed by atoms with van der Waals surface area (Å²) in [5.74, 6) is -1.12. The summed E-state index contributed by atoms with van der Waals surface area (Å²) in [6.45, 7) is 1.94. The molecule has 6 nitrogen and oxygen atoms in total. The number of carbonyl (C=O) groups excluding carboxylic acids is 2. The number of likely N-dealkylation sites (tertiary alicyclic amines) is 1. The highest BCUT2D eigenvalue weighted by Crippen LogP contribution is 2.30. The van der Waals surface area contributed by atoms with Crippen molar-refractivity contribution in [2.75, 3.05) is 6.54 Å². The second-order valence-electron chi connectivity index (χ2n) is 8.22. The second-order valence-corrected chi connectivity index (χ2v) is 8.22. The van der Waals surface area contributed by atoms with E-state index in [0.717, 1.165) is 12.1 Å². The Balaban J connectivity index is 1.34. The minimum atomic E-state index is -4.47. The molecule has 0 radical (unpaired) electrons. The van der Waals surface area contributed by atoms with E-state index < -0.39 is 23.5 Å². The Labute approximate surface area is 193 Å². The molecule has 0 saturated carbocycles. The quantitative estimate of drug-likeness (QED) is 0.550. The molecule has 1 aliphatic rings. The normalized spacial score (nSPS) is 16.2. The minimum absolute atomic E-state index is 0.00707. The third-order valence-corrected chi connectivity index (χ3v) is 5.78. The molecule has 0 aliphatic carbocycles. The largest absolute Gasteiger partial charge is 0.416 e. The SMILES string of the molecule is Cc1nccn1-c1ccc(CNC(=O)C2CC(=O)N(Cc3cccc(C(F)(F)F)c3)C2)cc1F. The van der Waals surface area contributed by atoms with Crippen LogP contribution in [0.4, 0.5) is 17.6 Å². The number of halogens is 4. The number of carbonyl (C=O) groups is 2. The first kappa shape index (κ1) is 23.5. The molecule has 10 heteroatoms. The van der Waals surface area contributed by atoms with Gasteiger partial charge in [-0.15, -0.1) is 0 Å². The van der Waals surface area contributed by atoms with Crippen molar-refractivity contribution in [3.05, 3.63) is 83.2 Å². The molecule has 2 aromatic carbocycles. The Morgan fingerprint density at radius 3 is 2.65 bits per heavy atom. The highest BCUT2D eigenvalue weighted by atomic mass is 19.4. The summed E-state index contributed by atoms with van der Waals surface area (Å²) >= 11 is 0. The van der Waals surface area contributed by atoms with Crippen molar-refractivity contribution in [3.8, 4) is 5.69 Å². The first-order valence-electron chi connectivity index (χ1n) is 10.6. The molecular weight excluding hydrogens is 452 g/mol. The van der Waals surface area contributed by atoms with Gasteiger partial charge >= 0.3 is 6.18 Å². The number of amides is 2. The number of hydrogen-bond acceptors (Lipinski definition) is 3. The first-order valence-corrected chi connectivity index (χ1v) is 10.6. The summed E-state index contributed by atoms with van der Waals surface area (Å²) in [4.78, 5) is 30.4. The molecule has 0 spiro atoms. The van der Waals surface area contributed by atoms with E-state index in [9.17, 15) is 27.2 Å². The number of benzene rings is 2. The maximum Gasteiger partial charge on any atom is 0.416 e. The Kier molecular flexibility index (Phi) is 6.41. The molecule has 1 unspecified atom stereocenters. The molecule has 2 heterocycles. The Morgan fingerprint density at radius 1 is 1.18 bits per heavy atom. The van der Waals surface area contributed by atoms with Gasteiger partial charge in [-0.2, -0.15) is 13.2 Å². The van der Waals surface area contributed by atoms with E-state index >= 15 is 0 Å². The number of rotatable bonds is 6. The molecule has 1 aliphatic heterocycles. The van der Waals surface area contributed by atoms with Crippen molar-refractivity contribution in [1.82, 2.24) is 19.8 Å². The lowest BCUT2D eigenvalue weighted by molar-refractivity contribution is -0.137. The van der Waals surface area contributed by atoms with Crippen LogP contribution in [0, 0.1) is 18.7 Å². The Hall–Kier alpha value is -3.69. The third-order valence-electron chi connectivity index (χ3n) is 5.78. The standard InChI is InChI=1S/C24H22F4N4O2/c1-15-29-7-8-32(15)21-6-5-16(10-20(21)25)12-30-23(34)18-11-22(33)31(14-18)13-17-3-2-4-19(9-17)24(26,27)28/h2-10,18H,11-14H2,1H3,(H,30,34). The lowest BCUT2D eigenvalue weighted by atomic mass is 10.1. The fourth-order valence-electron chi connectivity index (χ4n) is 3.99. The average Bonchev–Trinajstić information content (AvgIpc) is 3.37. The Bertz CT molecular complexity index is 1220. The van der Waals surface area contributed by atoms with Crippen molar-refractivity contribution in [2.24, 2.45) is 5.92 Å². The highest BCUT2D eigenvalue weighted by molar-refractivity contribution is 5.89. The lowest BCUT2D eigenvalue weighted by Crippen LogP contribution is -2.32. The smallest absolute Gasteiger partial charge is 0.352 e. The molecule has 178 valence electrons. The fourth-order valence-corrected chi connectivity index (χ4v) is 3.99. The number of aryl methyl sites for hydroxylation is 1. The van der Waals surface area contributed by atoms with Crippen LogP contribution in [-0.4, -0.2) is 32.8 Å². The summed E-state index contributed by atoms with van der Waals surface area (Å²) in [5.41, 5.74) is 0.453. The van der Waals surface area contributed by atoms with E-state index in [1.807, 2.05) is 0 Å². The molecular formula is C24H22F4N4O2. The predicted molar refractivity (Wildman–Crippen MR) is 115 cm³/mol. The van der Waals surface area contributed by atoms with Gasteiger partial charge < -0.3 is 14.8 Å². The number of imidazole rings is 1. The van der Waals surface area contributed by atoms with Gasteiger partial charge in [0.2, 0.25) is 11.8 Å². The van der Waals surface area contributed by atoms with Gasteiger partial charge in [-0.3, -0.25) is 9.59 Å². The average molecular weight is 474 g/mol. The maximum absolute atomic E-state index is 14.5. The van der Waals surface area contributed by atoms with Gasteiger partial charge in [-0.25, -0.2) is 9.37 Å². The van der Waals surface area contributed by atoms with Crippen LogP contribution in [0.1, 0.15) is 28.9 Å². The summed E-state index contributed by atoms with van der Waals surface area (Å²) in [5, 5.41) is 2.72. The van der Waals surface area contributed by atoms with Crippen molar-refractivity contribution in [2.45, 2.75) is 32.6 Å². The zero-order chi connectivity index (χ0) is 24.5. The van der Waals surface area contributed by atoms with Gasteiger partial charge in [0.15, 0.2) is 0 Å². The monoisotopic (exact) mass is 474 g/mol. The highest BCUT2D eigenvalue weighted by Gasteiger charge is 2.35. The summed E-state index contributed by atoms with van der Waals surface area (Å²) < 4.78 is 54.9. The molecule has 1 fully saturated rings. The number of nitrogens with one attached hydrogen (secondary N) is 1. The van der Waals surface area contributed by atoms with Crippen molar-refractivity contribution in [3.63, 3.8) is 0 Å². The molecule has 4 rings (SSSR count). The van der Waals surface area contributed by atoms with Gasteiger partial charge in [-0.05, 0) is 42.3 Å². The zero-order valence-corrected chi connectivity index (χ0v) is 18.3. The van der Waals surface area contributed by atoms with Crippen LogP contribution in [0.5, 0.6) is 0 Å². The van der Waals surface area contributed by atoms with Crippen LogP contribution in [0.2, 0.25) is 0 Å². The van der Waals surface area contributed by atoms with Crippen LogP contribution in [-0.2, 0) is 28.9 Å². The first-order chi connectivity index (χ1) is 16.1. The molecule has 1 aromatic heterocycles. The molecule has 1 atom stereocenters. The van der Waals surface area contributed by atoms with Crippen molar-refractivity contribution in [1.29, 1.82) is 0 Å². The van der Waals surface area contributed by atoms with Crippen LogP contribution in [0.15, 0.2) is 54.9 Å². The molecule has 3 aromatic rings. The molecule has 34 heavy (non-hydrogen) atoms. The third kappa shape index (κ3) is 5.11. The van der Waals surface area contributed by atoms with Crippen LogP contribution in [0.3, 0.4) is 0 Å². The summed E-state index contributed by atoms with van der Waals surface area (Å²) in [6, 6.07) is 9.40. The summed E-state index contributed by atoms with van der Waals surface area (Å²) in [7, 11) is 0. The maximum atomic E-state index is 14.5. The van der Waals surface area contributed by atoms with Gasteiger partial charge in [0.05, 0.1) is 17.2 Å².